The molecule has 8 heteroatoms. The number of benzene rings is 1. The third-order valence-corrected chi connectivity index (χ3v) is 4.71. The van der Waals surface area contributed by atoms with E-state index in [9.17, 15) is 18.0 Å². The van der Waals surface area contributed by atoms with Crippen LogP contribution in [-0.2, 0) is 17.5 Å². The maximum Gasteiger partial charge on any atom is 0.416 e. The summed E-state index contributed by atoms with van der Waals surface area (Å²) in [6, 6.07) is 7.09. The number of anilines is 1. The fourth-order valence-corrected chi connectivity index (χ4v) is 3.39. The molecule has 3 rings (SSSR count). The summed E-state index contributed by atoms with van der Waals surface area (Å²) in [5.41, 5.74) is -0.604. The number of amides is 1. The van der Waals surface area contributed by atoms with Gasteiger partial charge in [-0.2, -0.15) is 13.2 Å². The first-order valence-electron chi connectivity index (χ1n) is 8.78. The predicted molar refractivity (Wildman–Crippen MR) is 94.9 cm³/mol. The first kappa shape index (κ1) is 19.1. The minimum Gasteiger partial charge on any atom is -0.341 e. The van der Waals surface area contributed by atoms with Crippen LogP contribution < -0.4 is 4.90 Å². The second-order valence-electron chi connectivity index (χ2n) is 6.68. The molecule has 27 heavy (non-hydrogen) atoms. The van der Waals surface area contributed by atoms with Gasteiger partial charge in [-0.05, 0) is 30.5 Å². The molecule has 1 amide bonds. The number of carbonyl (C=O) groups excluding carboxylic acids is 1. The highest BCUT2D eigenvalue weighted by atomic mass is 19.4. The Morgan fingerprint density at radius 2 is 1.93 bits per heavy atom. The van der Waals surface area contributed by atoms with Gasteiger partial charge in [0.15, 0.2) is 0 Å². The van der Waals surface area contributed by atoms with Crippen molar-refractivity contribution in [3.05, 3.63) is 53.9 Å². The molecule has 1 saturated heterocycles. The summed E-state index contributed by atoms with van der Waals surface area (Å²) in [5, 5.41) is 0. The molecular formula is C19H21F3N4O. The van der Waals surface area contributed by atoms with Crippen LogP contribution in [0.2, 0.25) is 0 Å². The van der Waals surface area contributed by atoms with E-state index in [0.717, 1.165) is 19.0 Å². The zero-order chi connectivity index (χ0) is 19.4. The first-order chi connectivity index (χ1) is 12.9. The maximum absolute atomic E-state index is 13.2. The standard InChI is InChI=1S/C19H21F3N4O/c1-25(12-14-6-2-3-8-16(14)19(20,21)22)17(27)15-7-4-11-26(13-15)18-23-9-5-10-24-18/h2-3,5-6,8-10,15H,4,7,11-13H2,1H3. The lowest BCUT2D eigenvalue weighted by Crippen LogP contribution is -2.44. The normalized spacial score (nSPS) is 17.6. The molecule has 0 spiro atoms. The smallest absolute Gasteiger partial charge is 0.341 e. The Kier molecular flexibility index (Phi) is 5.62. The van der Waals surface area contributed by atoms with Crippen molar-refractivity contribution in [2.24, 2.45) is 5.92 Å². The Bertz CT molecular complexity index is 782. The average molecular weight is 378 g/mol. The molecule has 0 N–H and O–H groups in total. The summed E-state index contributed by atoms with van der Waals surface area (Å²) in [7, 11) is 1.55. The molecule has 2 aromatic rings. The van der Waals surface area contributed by atoms with Crippen LogP contribution in [0.4, 0.5) is 19.1 Å². The molecule has 0 bridgehead atoms. The van der Waals surface area contributed by atoms with Gasteiger partial charge < -0.3 is 9.80 Å². The van der Waals surface area contributed by atoms with E-state index in [4.69, 9.17) is 0 Å². The van der Waals surface area contributed by atoms with Gasteiger partial charge in [-0.1, -0.05) is 18.2 Å². The topological polar surface area (TPSA) is 49.3 Å². The average Bonchev–Trinajstić information content (AvgIpc) is 2.68. The van der Waals surface area contributed by atoms with Gasteiger partial charge in [0.25, 0.3) is 0 Å². The Balaban J connectivity index is 1.69. The van der Waals surface area contributed by atoms with Crippen LogP contribution in [0.15, 0.2) is 42.7 Å². The minimum absolute atomic E-state index is 0.0765. The van der Waals surface area contributed by atoms with Crippen molar-refractivity contribution in [3.63, 3.8) is 0 Å². The van der Waals surface area contributed by atoms with Crippen LogP contribution in [0.3, 0.4) is 0 Å². The van der Waals surface area contributed by atoms with Gasteiger partial charge in [-0.3, -0.25) is 4.79 Å². The van der Waals surface area contributed by atoms with Gasteiger partial charge >= 0.3 is 6.18 Å². The maximum atomic E-state index is 13.2. The van der Waals surface area contributed by atoms with Crippen LogP contribution >= 0.6 is 0 Å². The van der Waals surface area contributed by atoms with E-state index in [1.54, 1.807) is 31.6 Å². The minimum atomic E-state index is -4.44. The molecule has 1 aliphatic rings. The molecular weight excluding hydrogens is 357 g/mol. The van der Waals surface area contributed by atoms with Crippen LogP contribution in [-0.4, -0.2) is 40.9 Å². The van der Waals surface area contributed by atoms with Crippen LogP contribution in [0.5, 0.6) is 0 Å². The predicted octanol–water partition coefficient (Wildman–Crippen LogP) is 3.37. The van der Waals surface area contributed by atoms with Crippen molar-refractivity contribution in [2.45, 2.75) is 25.6 Å². The molecule has 1 aliphatic heterocycles. The van der Waals surface area contributed by atoms with Crippen molar-refractivity contribution < 1.29 is 18.0 Å². The fourth-order valence-electron chi connectivity index (χ4n) is 3.39. The quantitative estimate of drug-likeness (QED) is 0.819. The lowest BCUT2D eigenvalue weighted by molar-refractivity contribution is -0.140. The zero-order valence-corrected chi connectivity index (χ0v) is 15.0. The summed E-state index contributed by atoms with van der Waals surface area (Å²) in [6.07, 6.45) is 0.365. The largest absolute Gasteiger partial charge is 0.416 e. The second kappa shape index (κ2) is 7.94. The van der Waals surface area contributed by atoms with E-state index in [2.05, 4.69) is 9.97 Å². The number of hydrogen-bond donors (Lipinski definition) is 0. The first-order valence-corrected chi connectivity index (χ1v) is 8.78. The number of halogens is 3. The monoisotopic (exact) mass is 378 g/mol. The van der Waals surface area contributed by atoms with Crippen molar-refractivity contribution in [3.8, 4) is 0 Å². The summed E-state index contributed by atoms with van der Waals surface area (Å²) < 4.78 is 39.5. The Morgan fingerprint density at radius 3 is 2.63 bits per heavy atom. The number of rotatable bonds is 4. The lowest BCUT2D eigenvalue weighted by atomic mass is 9.96. The summed E-state index contributed by atoms with van der Waals surface area (Å²) >= 11 is 0. The van der Waals surface area contributed by atoms with E-state index in [0.29, 0.717) is 18.9 Å². The molecule has 5 nitrogen and oxygen atoms in total. The summed E-state index contributed by atoms with van der Waals surface area (Å²) in [6.45, 7) is 1.15. The number of nitrogens with zero attached hydrogens (tertiary/aromatic N) is 4. The van der Waals surface area contributed by atoms with E-state index in [-0.39, 0.29) is 23.9 Å². The van der Waals surface area contributed by atoms with Gasteiger partial charge in [-0.15, -0.1) is 0 Å². The molecule has 0 saturated carbocycles. The van der Waals surface area contributed by atoms with Crippen molar-refractivity contribution in [2.75, 3.05) is 25.0 Å². The molecule has 1 aromatic heterocycles. The number of piperidine rings is 1. The van der Waals surface area contributed by atoms with E-state index in [1.165, 1.54) is 17.0 Å². The number of hydrogen-bond acceptors (Lipinski definition) is 4. The Hall–Kier alpha value is -2.64. The Labute approximate surface area is 155 Å². The molecule has 1 aromatic carbocycles. The van der Waals surface area contributed by atoms with Gasteiger partial charge in [-0.25, -0.2) is 9.97 Å². The van der Waals surface area contributed by atoms with Crippen LogP contribution in [0.25, 0.3) is 0 Å². The Morgan fingerprint density at radius 1 is 1.22 bits per heavy atom. The van der Waals surface area contributed by atoms with E-state index < -0.39 is 11.7 Å². The van der Waals surface area contributed by atoms with Crippen molar-refractivity contribution >= 4 is 11.9 Å². The van der Waals surface area contributed by atoms with Crippen molar-refractivity contribution in [1.29, 1.82) is 0 Å². The highest BCUT2D eigenvalue weighted by molar-refractivity contribution is 5.79. The highest BCUT2D eigenvalue weighted by Gasteiger charge is 2.34. The van der Waals surface area contributed by atoms with E-state index in [1.807, 2.05) is 4.90 Å². The van der Waals surface area contributed by atoms with Gasteiger partial charge in [0, 0.05) is 39.1 Å². The molecule has 0 aliphatic carbocycles. The molecule has 1 atom stereocenters. The molecule has 0 radical (unpaired) electrons. The molecule has 2 heterocycles. The highest BCUT2D eigenvalue weighted by Crippen LogP contribution is 2.32. The fraction of sp³-hybridized carbons (Fsp3) is 0.421. The van der Waals surface area contributed by atoms with Crippen LogP contribution in [0, 0.1) is 5.92 Å². The summed E-state index contributed by atoms with van der Waals surface area (Å²) in [4.78, 5) is 24.6. The molecule has 144 valence electrons. The van der Waals surface area contributed by atoms with Gasteiger partial charge in [0.05, 0.1) is 11.5 Å². The third-order valence-electron chi connectivity index (χ3n) is 4.71. The number of aromatic nitrogens is 2. The van der Waals surface area contributed by atoms with E-state index >= 15 is 0 Å². The summed E-state index contributed by atoms with van der Waals surface area (Å²) in [5.74, 6) is 0.123. The SMILES string of the molecule is CN(Cc1ccccc1C(F)(F)F)C(=O)C1CCCN(c2ncccn2)C1. The van der Waals surface area contributed by atoms with Gasteiger partial charge in [0.2, 0.25) is 11.9 Å². The van der Waals surface area contributed by atoms with Crippen LogP contribution in [0.1, 0.15) is 24.0 Å². The second-order valence-corrected chi connectivity index (χ2v) is 6.68. The van der Waals surface area contributed by atoms with Gasteiger partial charge in [0.1, 0.15) is 0 Å². The zero-order valence-electron chi connectivity index (χ0n) is 15.0. The number of carbonyl (C=O) groups is 1. The van der Waals surface area contributed by atoms with Crippen molar-refractivity contribution in [1.82, 2.24) is 14.9 Å². The lowest BCUT2D eigenvalue weighted by Gasteiger charge is -2.34. The third kappa shape index (κ3) is 4.56. The number of alkyl halides is 3. The molecule has 1 unspecified atom stereocenters. The molecule has 1 fully saturated rings.